The van der Waals surface area contributed by atoms with Gasteiger partial charge in [-0.15, -0.1) is 11.3 Å². The van der Waals surface area contributed by atoms with E-state index in [-0.39, 0.29) is 6.04 Å². The summed E-state index contributed by atoms with van der Waals surface area (Å²) in [4.78, 5) is 5.79. The lowest BCUT2D eigenvalue weighted by Gasteiger charge is -2.10. The van der Waals surface area contributed by atoms with Crippen LogP contribution in [0.1, 0.15) is 27.2 Å². The topological polar surface area (TPSA) is 57.4 Å². The van der Waals surface area contributed by atoms with E-state index >= 15 is 0 Å². The smallest absolute Gasteiger partial charge is 0.231 e. The van der Waals surface area contributed by atoms with Gasteiger partial charge in [0.05, 0.1) is 10.7 Å². The summed E-state index contributed by atoms with van der Waals surface area (Å²) in [6, 6.07) is 5.79. The molecule has 1 aromatic heterocycles. The third kappa shape index (κ3) is 2.43. The fourth-order valence-corrected chi connectivity index (χ4v) is 3.07. The molecule has 19 heavy (non-hydrogen) atoms. The standard InChI is InChI=1S/C14H16N2O2S/c1-8-9(2)19-14(16-8)6-11(15)10-3-4-12-13(5-10)18-7-17-12/h3-5,11H,6-7,15H2,1-2H3. The monoisotopic (exact) mass is 276 g/mol. The van der Waals surface area contributed by atoms with Crippen molar-refractivity contribution < 1.29 is 9.47 Å². The van der Waals surface area contributed by atoms with Gasteiger partial charge in [0.25, 0.3) is 0 Å². The van der Waals surface area contributed by atoms with Crippen LogP contribution < -0.4 is 15.2 Å². The van der Waals surface area contributed by atoms with Gasteiger partial charge in [0, 0.05) is 17.3 Å². The molecule has 0 spiro atoms. The van der Waals surface area contributed by atoms with Gasteiger partial charge in [-0.3, -0.25) is 0 Å². The van der Waals surface area contributed by atoms with Crippen LogP contribution in [0.2, 0.25) is 0 Å². The van der Waals surface area contributed by atoms with Gasteiger partial charge in [0.15, 0.2) is 11.5 Å². The second-order valence-corrected chi connectivity index (χ2v) is 5.96. The van der Waals surface area contributed by atoms with Crippen molar-refractivity contribution in [3.05, 3.63) is 39.3 Å². The van der Waals surface area contributed by atoms with Gasteiger partial charge >= 0.3 is 0 Å². The molecule has 0 radical (unpaired) electrons. The molecule has 0 bridgehead atoms. The van der Waals surface area contributed by atoms with E-state index < -0.39 is 0 Å². The van der Waals surface area contributed by atoms with E-state index in [0.717, 1.165) is 34.2 Å². The number of nitrogens with zero attached hydrogens (tertiary/aromatic N) is 1. The Morgan fingerprint density at radius 2 is 2.11 bits per heavy atom. The SMILES string of the molecule is Cc1nc(CC(N)c2ccc3c(c2)OCO3)sc1C. The molecule has 4 nitrogen and oxygen atoms in total. The number of nitrogens with two attached hydrogens (primary N) is 1. The maximum Gasteiger partial charge on any atom is 0.231 e. The molecule has 2 heterocycles. The molecule has 3 rings (SSSR count). The van der Waals surface area contributed by atoms with Crippen molar-refractivity contribution in [3.8, 4) is 11.5 Å². The van der Waals surface area contributed by atoms with Crippen molar-refractivity contribution in [3.63, 3.8) is 0 Å². The molecule has 1 unspecified atom stereocenters. The Kier molecular flexibility index (Phi) is 3.16. The van der Waals surface area contributed by atoms with Crippen molar-refractivity contribution in [1.82, 2.24) is 4.98 Å². The Hall–Kier alpha value is -1.59. The van der Waals surface area contributed by atoms with Crippen LogP contribution in [0.25, 0.3) is 0 Å². The van der Waals surface area contributed by atoms with Crippen LogP contribution in [0, 0.1) is 13.8 Å². The Morgan fingerprint density at radius 1 is 1.32 bits per heavy atom. The minimum absolute atomic E-state index is 0.0700. The summed E-state index contributed by atoms with van der Waals surface area (Å²) in [5.74, 6) is 1.57. The normalized spacial score (nSPS) is 14.7. The molecule has 2 aromatic rings. The first-order valence-corrected chi connectivity index (χ1v) is 7.03. The Labute approximate surface area is 116 Å². The number of hydrogen-bond donors (Lipinski definition) is 1. The first-order valence-electron chi connectivity index (χ1n) is 6.21. The van der Waals surface area contributed by atoms with Crippen molar-refractivity contribution in [2.75, 3.05) is 6.79 Å². The molecule has 2 N–H and O–H groups in total. The van der Waals surface area contributed by atoms with Crippen LogP contribution in [0.15, 0.2) is 18.2 Å². The van der Waals surface area contributed by atoms with Gasteiger partial charge in [-0.2, -0.15) is 0 Å². The fourth-order valence-electron chi connectivity index (χ4n) is 2.08. The predicted octanol–water partition coefficient (Wildman–Crippen LogP) is 2.73. The summed E-state index contributed by atoms with van der Waals surface area (Å²) in [5, 5.41) is 1.08. The molecular formula is C14H16N2O2S. The highest BCUT2D eigenvalue weighted by atomic mass is 32.1. The van der Waals surface area contributed by atoms with E-state index in [0.29, 0.717) is 6.79 Å². The molecule has 1 aliphatic heterocycles. The molecule has 1 atom stereocenters. The van der Waals surface area contributed by atoms with E-state index in [4.69, 9.17) is 15.2 Å². The summed E-state index contributed by atoms with van der Waals surface area (Å²) < 4.78 is 10.7. The highest BCUT2D eigenvalue weighted by Crippen LogP contribution is 2.34. The van der Waals surface area contributed by atoms with Crippen LogP contribution in [-0.4, -0.2) is 11.8 Å². The average molecular weight is 276 g/mol. The number of fused-ring (bicyclic) bond motifs is 1. The number of hydrogen-bond acceptors (Lipinski definition) is 5. The molecule has 0 saturated heterocycles. The first kappa shape index (κ1) is 12.4. The molecular weight excluding hydrogens is 260 g/mol. The summed E-state index contributed by atoms with van der Waals surface area (Å²) in [7, 11) is 0. The van der Waals surface area contributed by atoms with Crippen LogP contribution in [0.3, 0.4) is 0 Å². The lowest BCUT2D eigenvalue weighted by atomic mass is 10.0. The first-order chi connectivity index (χ1) is 9.13. The fraction of sp³-hybridized carbons (Fsp3) is 0.357. The quantitative estimate of drug-likeness (QED) is 0.936. The molecule has 0 amide bonds. The summed E-state index contributed by atoms with van der Waals surface area (Å²) in [5.41, 5.74) is 8.40. The summed E-state index contributed by atoms with van der Waals surface area (Å²) in [6.45, 7) is 4.41. The Bertz CT molecular complexity index is 590. The third-order valence-corrected chi connectivity index (χ3v) is 4.39. The largest absolute Gasteiger partial charge is 0.454 e. The minimum Gasteiger partial charge on any atom is -0.454 e. The zero-order chi connectivity index (χ0) is 13.4. The van der Waals surface area contributed by atoms with Crippen molar-refractivity contribution in [2.24, 2.45) is 5.73 Å². The van der Waals surface area contributed by atoms with E-state index in [1.54, 1.807) is 11.3 Å². The maximum atomic E-state index is 6.25. The molecule has 5 heteroatoms. The second kappa shape index (κ2) is 4.83. The predicted molar refractivity (Wildman–Crippen MR) is 74.8 cm³/mol. The Balaban J connectivity index is 1.78. The molecule has 1 aromatic carbocycles. The van der Waals surface area contributed by atoms with Crippen LogP contribution in [-0.2, 0) is 6.42 Å². The molecule has 0 fully saturated rings. The van der Waals surface area contributed by atoms with Gasteiger partial charge in [-0.25, -0.2) is 4.98 Å². The van der Waals surface area contributed by atoms with E-state index in [9.17, 15) is 0 Å². The molecule has 0 aliphatic carbocycles. The zero-order valence-electron chi connectivity index (χ0n) is 11.0. The zero-order valence-corrected chi connectivity index (χ0v) is 11.8. The van der Waals surface area contributed by atoms with Crippen LogP contribution >= 0.6 is 11.3 Å². The van der Waals surface area contributed by atoms with Crippen molar-refractivity contribution >= 4 is 11.3 Å². The molecule has 0 saturated carbocycles. The number of thiazole rings is 1. The number of benzene rings is 1. The number of ether oxygens (including phenoxy) is 2. The summed E-state index contributed by atoms with van der Waals surface area (Å²) in [6.07, 6.45) is 0.749. The number of rotatable bonds is 3. The van der Waals surface area contributed by atoms with Crippen molar-refractivity contribution in [2.45, 2.75) is 26.3 Å². The van der Waals surface area contributed by atoms with Gasteiger partial charge < -0.3 is 15.2 Å². The lowest BCUT2D eigenvalue weighted by Crippen LogP contribution is -2.13. The van der Waals surface area contributed by atoms with Gasteiger partial charge in [0.2, 0.25) is 6.79 Å². The number of aryl methyl sites for hydroxylation is 2. The second-order valence-electron chi connectivity index (χ2n) is 4.67. The van der Waals surface area contributed by atoms with E-state index in [1.165, 1.54) is 4.88 Å². The van der Waals surface area contributed by atoms with Crippen molar-refractivity contribution in [1.29, 1.82) is 0 Å². The highest BCUT2D eigenvalue weighted by molar-refractivity contribution is 7.11. The third-order valence-electron chi connectivity index (χ3n) is 3.29. The Morgan fingerprint density at radius 3 is 2.84 bits per heavy atom. The minimum atomic E-state index is -0.0700. The highest BCUT2D eigenvalue weighted by Gasteiger charge is 2.17. The van der Waals surface area contributed by atoms with Gasteiger partial charge in [-0.05, 0) is 31.5 Å². The van der Waals surface area contributed by atoms with Crippen LogP contribution in [0.5, 0.6) is 11.5 Å². The summed E-state index contributed by atoms with van der Waals surface area (Å²) >= 11 is 1.72. The maximum absolute atomic E-state index is 6.25. The average Bonchev–Trinajstić information content (AvgIpc) is 2.96. The van der Waals surface area contributed by atoms with E-state index in [1.807, 2.05) is 25.1 Å². The number of aromatic nitrogens is 1. The van der Waals surface area contributed by atoms with Gasteiger partial charge in [-0.1, -0.05) is 6.07 Å². The molecule has 1 aliphatic rings. The molecule has 100 valence electrons. The van der Waals surface area contributed by atoms with Crippen LogP contribution in [0.4, 0.5) is 0 Å². The van der Waals surface area contributed by atoms with Gasteiger partial charge in [0.1, 0.15) is 0 Å². The lowest BCUT2D eigenvalue weighted by molar-refractivity contribution is 0.174. The van der Waals surface area contributed by atoms with E-state index in [2.05, 4.69) is 11.9 Å².